The molecular formula is C11H10Cl2F3NO. The van der Waals surface area contributed by atoms with E-state index in [1.54, 1.807) is 0 Å². The number of hydrogen-bond donors (Lipinski definition) is 1. The fourth-order valence-electron chi connectivity index (χ4n) is 1.55. The molecule has 0 saturated carbocycles. The van der Waals surface area contributed by atoms with Gasteiger partial charge in [-0.25, -0.2) is 0 Å². The zero-order valence-corrected chi connectivity index (χ0v) is 10.8. The molecule has 0 spiro atoms. The smallest absolute Gasteiger partial charge is 0.349 e. The van der Waals surface area contributed by atoms with Crippen LogP contribution in [0.3, 0.4) is 0 Å². The highest BCUT2D eigenvalue weighted by Gasteiger charge is 2.34. The largest absolute Gasteiger partial charge is 0.391 e. The number of hydrogen-bond acceptors (Lipinski definition) is 1. The van der Waals surface area contributed by atoms with Crippen LogP contribution in [0.15, 0.2) is 18.2 Å². The van der Waals surface area contributed by atoms with Crippen molar-refractivity contribution < 1.29 is 18.0 Å². The number of benzene rings is 1. The van der Waals surface area contributed by atoms with Crippen LogP contribution in [-0.4, -0.2) is 12.1 Å². The van der Waals surface area contributed by atoms with Crippen LogP contribution in [0, 0.1) is 0 Å². The second-order valence-electron chi connectivity index (χ2n) is 3.71. The van der Waals surface area contributed by atoms with Crippen molar-refractivity contribution in [1.82, 2.24) is 5.32 Å². The highest BCUT2D eigenvalue weighted by atomic mass is 35.5. The molecule has 7 heteroatoms. The normalized spacial score (nSPS) is 13.2. The monoisotopic (exact) mass is 299 g/mol. The standard InChI is InChI=1S/C11H10Cl2F3NO/c1-6(18)17-9(5-11(14,15)16)10-7(12)3-2-4-8(10)13/h2-4,9H,5H2,1H3,(H,17,18)/t9-/m0/s1. The Kier molecular flexibility index (Phi) is 4.87. The van der Waals surface area contributed by atoms with Crippen molar-refractivity contribution in [2.24, 2.45) is 0 Å². The predicted octanol–water partition coefficient (Wildman–Crippen LogP) is 4.12. The first-order valence-electron chi connectivity index (χ1n) is 4.98. The molecule has 2 nitrogen and oxygen atoms in total. The summed E-state index contributed by atoms with van der Waals surface area (Å²) in [4.78, 5) is 11.0. The van der Waals surface area contributed by atoms with Crippen molar-refractivity contribution in [3.63, 3.8) is 0 Å². The van der Waals surface area contributed by atoms with Gasteiger partial charge in [0.25, 0.3) is 0 Å². The van der Waals surface area contributed by atoms with Gasteiger partial charge in [0.15, 0.2) is 0 Å². The van der Waals surface area contributed by atoms with E-state index in [0.29, 0.717) is 0 Å². The van der Waals surface area contributed by atoms with Crippen molar-refractivity contribution >= 4 is 29.1 Å². The maximum atomic E-state index is 12.5. The molecule has 0 bridgehead atoms. The van der Waals surface area contributed by atoms with Crippen LogP contribution in [0.1, 0.15) is 24.9 Å². The van der Waals surface area contributed by atoms with Gasteiger partial charge in [0.1, 0.15) is 0 Å². The Morgan fingerprint density at radius 2 is 1.83 bits per heavy atom. The number of rotatable bonds is 3. The molecule has 1 aromatic carbocycles. The van der Waals surface area contributed by atoms with E-state index in [2.05, 4.69) is 5.32 Å². The number of halogens is 5. The van der Waals surface area contributed by atoms with E-state index in [0.717, 1.165) is 6.92 Å². The first-order valence-corrected chi connectivity index (χ1v) is 5.74. The van der Waals surface area contributed by atoms with Crippen LogP contribution in [0.25, 0.3) is 0 Å². The lowest BCUT2D eigenvalue weighted by atomic mass is 10.0. The maximum absolute atomic E-state index is 12.5. The Morgan fingerprint density at radius 1 is 1.33 bits per heavy atom. The van der Waals surface area contributed by atoms with E-state index >= 15 is 0 Å². The zero-order chi connectivity index (χ0) is 13.9. The van der Waals surface area contributed by atoms with Crippen molar-refractivity contribution in [2.75, 3.05) is 0 Å². The third kappa shape index (κ3) is 4.38. The van der Waals surface area contributed by atoms with E-state index in [1.165, 1.54) is 18.2 Å². The molecule has 0 radical (unpaired) electrons. The molecule has 1 aromatic rings. The van der Waals surface area contributed by atoms with Crippen molar-refractivity contribution in [1.29, 1.82) is 0 Å². The number of carbonyl (C=O) groups excluding carboxylic acids is 1. The molecule has 0 aliphatic carbocycles. The van der Waals surface area contributed by atoms with Crippen molar-refractivity contribution in [2.45, 2.75) is 25.6 Å². The van der Waals surface area contributed by atoms with Gasteiger partial charge in [-0.15, -0.1) is 0 Å². The molecule has 1 rings (SSSR count). The van der Waals surface area contributed by atoms with Gasteiger partial charge in [-0.2, -0.15) is 13.2 Å². The minimum absolute atomic E-state index is 0.0772. The van der Waals surface area contributed by atoms with Gasteiger partial charge in [-0.1, -0.05) is 29.3 Å². The predicted molar refractivity (Wildman–Crippen MR) is 63.7 cm³/mol. The van der Waals surface area contributed by atoms with Crippen LogP contribution in [-0.2, 0) is 4.79 Å². The molecule has 0 aromatic heterocycles. The van der Waals surface area contributed by atoms with Gasteiger partial charge in [0, 0.05) is 22.5 Å². The van der Waals surface area contributed by atoms with Crippen molar-refractivity contribution in [3.8, 4) is 0 Å². The number of alkyl halides is 3. The Bertz CT molecular complexity index is 428. The molecule has 0 saturated heterocycles. The Labute approximate surface area is 112 Å². The zero-order valence-electron chi connectivity index (χ0n) is 9.31. The minimum atomic E-state index is -4.43. The van der Waals surface area contributed by atoms with E-state index < -0.39 is 24.5 Å². The Morgan fingerprint density at radius 3 is 2.22 bits per heavy atom. The third-order valence-corrected chi connectivity index (χ3v) is 2.82. The molecule has 0 fully saturated rings. The SMILES string of the molecule is CC(=O)N[C@@H](CC(F)(F)F)c1c(Cl)cccc1Cl. The average molecular weight is 300 g/mol. The summed E-state index contributed by atoms with van der Waals surface area (Å²) >= 11 is 11.7. The first kappa shape index (κ1) is 15.1. The molecule has 1 atom stereocenters. The third-order valence-electron chi connectivity index (χ3n) is 2.16. The van der Waals surface area contributed by atoms with Gasteiger partial charge >= 0.3 is 6.18 Å². The van der Waals surface area contributed by atoms with E-state index in [9.17, 15) is 18.0 Å². The Hall–Kier alpha value is -0.940. The molecule has 1 amide bonds. The lowest BCUT2D eigenvalue weighted by Crippen LogP contribution is -2.30. The molecule has 1 N–H and O–H groups in total. The highest BCUT2D eigenvalue weighted by Crippen LogP contribution is 2.36. The maximum Gasteiger partial charge on any atom is 0.391 e. The number of nitrogens with one attached hydrogen (secondary N) is 1. The quantitative estimate of drug-likeness (QED) is 0.893. The second kappa shape index (κ2) is 5.80. The summed E-state index contributed by atoms with van der Waals surface area (Å²) in [5.74, 6) is -0.583. The highest BCUT2D eigenvalue weighted by molar-refractivity contribution is 6.36. The van der Waals surface area contributed by atoms with Crippen LogP contribution in [0.4, 0.5) is 13.2 Å². The van der Waals surface area contributed by atoms with E-state index in [4.69, 9.17) is 23.2 Å². The molecule has 18 heavy (non-hydrogen) atoms. The van der Waals surface area contributed by atoms with Crippen LogP contribution < -0.4 is 5.32 Å². The number of amides is 1. The molecule has 0 heterocycles. The van der Waals surface area contributed by atoms with Crippen LogP contribution in [0.2, 0.25) is 10.0 Å². The van der Waals surface area contributed by atoms with Gasteiger partial charge < -0.3 is 5.32 Å². The van der Waals surface area contributed by atoms with Gasteiger partial charge in [-0.3, -0.25) is 4.79 Å². The van der Waals surface area contributed by atoms with E-state index in [1.807, 2.05) is 0 Å². The van der Waals surface area contributed by atoms with E-state index in [-0.39, 0.29) is 15.6 Å². The lowest BCUT2D eigenvalue weighted by molar-refractivity contribution is -0.142. The van der Waals surface area contributed by atoms with Crippen LogP contribution in [0.5, 0.6) is 0 Å². The van der Waals surface area contributed by atoms with Gasteiger partial charge in [-0.05, 0) is 12.1 Å². The van der Waals surface area contributed by atoms with Gasteiger partial charge in [0.05, 0.1) is 12.5 Å². The summed E-state index contributed by atoms with van der Waals surface area (Å²) < 4.78 is 37.4. The summed E-state index contributed by atoms with van der Waals surface area (Å²) in [6, 6.07) is 3.08. The van der Waals surface area contributed by atoms with Crippen LogP contribution >= 0.6 is 23.2 Å². The Balaban J connectivity index is 3.13. The minimum Gasteiger partial charge on any atom is -0.349 e. The van der Waals surface area contributed by atoms with Gasteiger partial charge in [0.2, 0.25) is 5.91 Å². The molecule has 0 aliphatic rings. The fourth-order valence-corrected chi connectivity index (χ4v) is 2.21. The second-order valence-corrected chi connectivity index (χ2v) is 4.52. The topological polar surface area (TPSA) is 29.1 Å². The molecule has 100 valence electrons. The van der Waals surface area contributed by atoms with Crippen molar-refractivity contribution in [3.05, 3.63) is 33.8 Å². The summed E-state index contributed by atoms with van der Waals surface area (Å²) in [6.45, 7) is 1.13. The molecular weight excluding hydrogens is 290 g/mol. The average Bonchev–Trinajstić information content (AvgIpc) is 2.13. The summed E-state index contributed by atoms with van der Waals surface area (Å²) in [6.07, 6.45) is -5.66. The number of carbonyl (C=O) groups is 1. The summed E-state index contributed by atoms with van der Waals surface area (Å²) in [7, 11) is 0. The first-order chi connectivity index (χ1) is 8.20. The summed E-state index contributed by atoms with van der Waals surface area (Å²) in [5.41, 5.74) is 0.0772. The lowest BCUT2D eigenvalue weighted by Gasteiger charge is -2.22. The molecule has 0 aliphatic heterocycles. The summed E-state index contributed by atoms with van der Waals surface area (Å²) in [5, 5.41) is 2.38. The molecule has 0 unspecified atom stereocenters. The fraction of sp³-hybridized carbons (Fsp3) is 0.364.